The summed E-state index contributed by atoms with van der Waals surface area (Å²) in [6, 6.07) is 5.89. The maximum absolute atomic E-state index is 9.51. The number of aliphatic hydroxyl groups is 1. The highest BCUT2D eigenvalue weighted by atomic mass is 32.1. The van der Waals surface area contributed by atoms with Crippen LogP contribution in [0.1, 0.15) is 31.4 Å². The van der Waals surface area contributed by atoms with E-state index in [1.54, 1.807) is 17.5 Å². The van der Waals surface area contributed by atoms with E-state index in [9.17, 15) is 5.11 Å². The summed E-state index contributed by atoms with van der Waals surface area (Å²) in [6.07, 6.45) is 5.89. The Balaban J connectivity index is 1.47. The van der Waals surface area contributed by atoms with E-state index in [1.165, 1.54) is 0 Å². The van der Waals surface area contributed by atoms with Gasteiger partial charge in [-0.05, 0) is 50.3 Å². The fourth-order valence-corrected chi connectivity index (χ4v) is 3.54. The molecule has 0 aliphatic heterocycles. The number of hydrogen-bond acceptors (Lipinski definition) is 5. The van der Waals surface area contributed by atoms with Crippen LogP contribution in [0.2, 0.25) is 0 Å². The number of aromatic nitrogens is 2. The van der Waals surface area contributed by atoms with Crippen LogP contribution in [0.25, 0.3) is 10.7 Å². The Bertz CT molecular complexity index is 550. The molecule has 0 unspecified atom stereocenters. The largest absolute Gasteiger partial charge is 0.393 e. The van der Waals surface area contributed by atoms with Gasteiger partial charge >= 0.3 is 0 Å². The van der Waals surface area contributed by atoms with Gasteiger partial charge in [0.05, 0.1) is 17.5 Å². The van der Waals surface area contributed by atoms with E-state index in [2.05, 4.69) is 20.7 Å². The lowest BCUT2D eigenvalue weighted by Gasteiger charge is -2.25. The standard InChI is InChI=1S/C16H21N3OS/c20-14-6-4-12(5-7-14)9-17-10-13-11-21-16(19-13)15-3-1-2-8-18-15/h1-3,8,11-12,14,17,20H,4-7,9-10H2. The minimum absolute atomic E-state index is 0.0688. The van der Waals surface area contributed by atoms with Crippen LogP contribution >= 0.6 is 11.3 Å². The highest BCUT2D eigenvalue weighted by Gasteiger charge is 2.18. The van der Waals surface area contributed by atoms with Gasteiger partial charge < -0.3 is 10.4 Å². The molecule has 2 heterocycles. The Hall–Kier alpha value is -1.30. The lowest BCUT2D eigenvalue weighted by Crippen LogP contribution is -2.27. The van der Waals surface area contributed by atoms with Gasteiger partial charge in [-0.1, -0.05) is 6.07 Å². The molecule has 1 aliphatic rings. The highest BCUT2D eigenvalue weighted by molar-refractivity contribution is 7.13. The monoisotopic (exact) mass is 303 g/mol. The van der Waals surface area contributed by atoms with Crippen molar-refractivity contribution in [3.8, 4) is 10.7 Å². The average Bonchev–Trinajstić information content (AvgIpc) is 2.99. The molecule has 0 radical (unpaired) electrons. The number of thiazole rings is 1. The van der Waals surface area contributed by atoms with E-state index < -0.39 is 0 Å². The van der Waals surface area contributed by atoms with Crippen molar-refractivity contribution in [2.24, 2.45) is 5.92 Å². The van der Waals surface area contributed by atoms with Gasteiger partial charge in [0.25, 0.3) is 0 Å². The van der Waals surface area contributed by atoms with E-state index in [4.69, 9.17) is 0 Å². The molecule has 0 saturated heterocycles. The van der Waals surface area contributed by atoms with Crippen LogP contribution in [0, 0.1) is 5.92 Å². The summed E-state index contributed by atoms with van der Waals surface area (Å²) in [5, 5.41) is 16.1. The molecule has 1 aliphatic carbocycles. The van der Waals surface area contributed by atoms with Crippen LogP contribution in [0.3, 0.4) is 0 Å². The summed E-state index contributed by atoms with van der Waals surface area (Å²) in [5.41, 5.74) is 2.02. The first kappa shape index (κ1) is 14.6. The van der Waals surface area contributed by atoms with Gasteiger partial charge in [0.1, 0.15) is 5.01 Å². The molecule has 0 aromatic carbocycles. The summed E-state index contributed by atoms with van der Waals surface area (Å²) >= 11 is 1.64. The highest BCUT2D eigenvalue weighted by Crippen LogP contribution is 2.24. The molecule has 21 heavy (non-hydrogen) atoms. The Kier molecular flexibility index (Phi) is 4.95. The van der Waals surface area contributed by atoms with Crippen LogP contribution in [0.4, 0.5) is 0 Å². The quantitative estimate of drug-likeness (QED) is 0.892. The smallest absolute Gasteiger partial charge is 0.142 e. The lowest BCUT2D eigenvalue weighted by molar-refractivity contribution is 0.108. The third-order valence-electron chi connectivity index (χ3n) is 3.99. The van der Waals surface area contributed by atoms with Crippen molar-refractivity contribution >= 4 is 11.3 Å². The van der Waals surface area contributed by atoms with Crippen molar-refractivity contribution < 1.29 is 5.11 Å². The van der Waals surface area contributed by atoms with Crippen LogP contribution in [-0.4, -0.2) is 27.7 Å². The molecule has 0 amide bonds. The summed E-state index contributed by atoms with van der Waals surface area (Å²) in [7, 11) is 0. The van der Waals surface area contributed by atoms with E-state index in [-0.39, 0.29) is 6.10 Å². The van der Waals surface area contributed by atoms with Crippen LogP contribution in [0.15, 0.2) is 29.8 Å². The van der Waals surface area contributed by atoms with Gasteiger partial charge in [0.15, 0.2) is 0 Å². The lowest BCUT2D eigenvalue weighted by atomic mass is 9.87. The molecule has 1 fully saturated rings. The predicted octanol–water partition coefficient (Wildman–Crippen LogP) is 2.85. The maximum atomic E-state index is 9.51. The molecular formula is C16H21N3OS. The molecule has 0 bridgehead atoms. The summed E-state index contributed by atoms with van der Waals surface area (Å²) < 4.78 is 0. The first-order valence-electron chi connectivity index (χ1n) is 7.56. The fourth-order valence-electron chi connectivity index (χ4n) is 2.75. The number of rotatable bonds is 5. The van der Waals surface area contributed by atoms with E-state index in [1.807, 2.05) is 18.2 Å². The first-order valence-corrected chi connectivity index (χ1v) is 8.44. The minimum Gasteiger partial charge on any atom is -0.393 e. The molecule has 2 N–H and O–H groups in total. The maximum Gasteiger partial charge on any atom is 0.142 e. The zero-order chi connectivity index (χ0) is 14.5. The molecule has 4 nitrogen and oxygen atoms in total. The van der Waals surface area contributed by atoms with E-state index in [0.29, 0.717) is 5.92 Å². The van der Waals surface area contributed by atoms with Crippen molar-refractivity contribution in [2.75, 3.05) is 6.54 Å². The third-order valence-corrected chi connectivity index (χ3v) is 4.90. The van der Waals surface area contributed by atoms with Crippen molar-refractivity contribution in [1.29, 1.82) is 0 Å². The van der Waals surface area contributed by atoms with Gasteiger partial charge in [-0.3, -0.25) is 4.98 Å². The number of nitrogens with one attached hydrogen (secondary N) is 1. The molecule has 1 saturated carbocycles. The van der Waals surface area contributed by atoms with E-state index >= 15 is 0 Å². The normalized spacial score (nSPS) is 22.3. The Morgan fingerprint density at radius 2 is 2.10 bits per heavy atom. The molecular weight excluding hydrogens is 282 g/mol. The molecule has 0 atom stereocenters. The Morgan fingerprint density at radius 3 is 2.86 bits per heavy atom. The number of nitrogens with zero attached hydrogens (tertiary/aromatic N) is 2. The van der Waals surface area contributed by atoms with Gasteiger partial charge in [0, 0.05) is 18.1 Å². The second-order valence-corrected chi connectivity index (χ2v) is 6.52. The molecule has 112 valence electrons. The van der Waals surface area contributed by atoms with Gasteiger partial charge in [-0.2, -0.15) is 0 Å². The SMILES string of the molecule is OC1CCC(CNCc2csc(-c3ccccn3)n2)CC1. The zero-order valence-corrected chi connectivity index (χ0v) is 12.9. The van der Waals surface area contributed by atoms with Gasteiger partial charge in [-0.25, -0.2) is 4.98 Å². The molecule has 0 spiro atoms. The van der Waals surface area contributed by atoms with Crippen LogP contribution in [0.5, 0.6) is 0 Å². The Labute approximate surface area is 129 Å². The number of pyridine rings is 1. The summed E-state index contributed by atoms with van der Waals surface area (Å²) in [5.74, 6) is 0.697. The molecule has 5 heteroatoms. The first-order chi connectivity index (χ1) is 10.3. The fraction of sp³-hybridized carbons (Fsp3) is 0.500. The van der Waals surface area contributed by atoms with Crippen molar-refractivity contribution in [3.05, 3.63) is 35.5 Å². The van der Waals surface area contributed by atoms with Crippen LogP contribution < -0.4 is 5.32 Å². The Morgan fingerprint density at radius 1 is 1.24 bits per heavy atom. The van der Waals surface area contributed by atoms with Gasteiger partial charge in [0.2, 0.25) is 0 Å². The van der Waals surface area contributed by atoms with Gasteiger partial charge in [-0.15, -0.1) is 11.3 Å². The van der Waals surface area contributed by atoms with Crippen molar-refractivity contribution in [1.82, 2.24) is 15.3 Å². The number of aliphatic hydroxyl groups excluding tert-OH is 1. The second kappa shape index (κ2) is 7.11. The summed E-state index contributed by atoms with van der Waals surface area (Å²) in [4.78, 5) is 8.96. The topological polar surface area (TPSA) is 58.0 Å². The average molecular weight is 303 g/mol. The molecule has 2 aromatic heterocycles. The van der Waals surface area contributed by atoms with Crippen LogP contribution in [-0.2, 0) is 6.54 Å². The summed E-state index contributed by atoms with van der Waals surface area (Å²) in [6.45, 7) is 1.82. The van der Waals surface area contributed by atoms with Crippen molar-refractivity contribution in [3.63, 3.8) is 0 Å². The second-order valence-electron chi connectivity index (χ2n) is 5.66. The zero-order valence-electron chi connectivity index (χ0n) is 12.0. The molecule has 2 aromatic rings. The third kappa shape index (κ3) is 4.09. The van der Waals surface area contributed by atoms with E-state index in [0.717, 1.165) is 55.2 Å². The minimum atomic E-state index is -0.0688. The van der Waals surface area contributed by atoms with Crippen molar-refractivity contribution in [2.45, 2.75) is 38.3 Å². The number of hydrogen-bond donors (Lipinski definition) is 2. The molecule has 3 rings (SSSR count). The predicted molar refractivity (Wildman–Crippen MR) is 85.0 cm³/mol.